The summed E-state index contributed by atoms with van der Waals surface area (Å²) in [7, 11) is 0. The van der Waals surface area contributed by atoms with Crippen LogP contribution in [0.2, 0.25) is 0 Å². The first-order valence-electron chi connectivity index (χ1n) is 3.32. The van der Waals surface area contributed by atoms with Crippen LogP contribution >= 0.6 is 22.6 Å². The molecule has 4 nitrogen and oxygen atoms in total. The van der Waals surface area contributed by atoms with E-state index in [2.05, 4.69) is 27.7 Å². The lowest BCUT2D eigenvalue weighted by Gasteiger charge is -1.92. The molecule has 5 heteroatoms. The zero-order valence-electron chi connectivity index (χ0n) is 5.75. The van der Waals surface area contributed by atoms with Crippen LogP contribution in [0.5, 0.6) is 5.88 Å². The van der Waals surface area contributed by atoms with Gasteiger partial charge < -0.3 is 9.84 Å². The van der Waals surface area contributed by atoms with Gasteiger partial charge in [-0.05, 0) is 22.6 Å². The molecule has 0 radical (unpaired) electrons. The molecule has 0 unspecified atom stereocenters. The summed E-state index contributed by atoms with van der Waals surface area (Å²) in [5.74, 6) is 0.801. The third-order valence-electron chi connectivity index (χ3n) is 1.61. The number of fused-ring (bicyclic) bond motifs is 1. The summed E-state index contributed by atoms with van der Waals surface area (Å²) in [6.07, 6.45) is 0. The van der Waals surface area contributed by atoms with E-state index in [0.717, 1.165) is 16.0 Å². The van der Waals surface area contributed by atoms with Gasteiger partial charge in [0.15, 0.2) is 0 Å². The fourth-order valence-corrected chi connectivity index (χ4v) is 1.80. The van der Waals surface area contributed by atoms with E-state index in [4.69, 9.17) is 9.84 Å². The Hall–Kier alpha value is -0.300. The molecular formula is C6H7IN2O2. The van der Waals surface area contributed by atoms with Gasteiger partial charge in [-0.2, -0.15) is 5.10 Å². The van der Waals surface area contributed by atoms with Gasteiger partial charge in [0.1, 0.15) is 15.9 Å². The number of ether oxygens (including phenoxy) is 1. The van der Waals surface area contributed by atoms with E-state index in [1.165, 1.54) is 0 Å². The quantitative estimate of drug-likeness (QED) is 0.747. The Bertz CT molecular complexity index is 284. The first-order valence-corrected chi connectivity index (χ1v) is 4.39. The number of nitrogens with zero attached hydrogens (tertiary/aromatic N) is 2. The van der Waals surface area contributed by atoms with E-state index in [-0.39, 0.29) is 6.61 Å². The van der Waals surface area contributed by atoms with Crippen molar-refractivity contribution in [3.05, 3.63) is 9.26 Å². The first-order chi connectivity index (χ1) is 5.33. The molecular weight excluding hydrogens is 259 g/mol. The van der Waals surface area contributed by atoms with Crippen molar-refractivity contribution in [2.45, 2.75) is 13.2 Å². The molecule has 0 atom stereocenters. The second-order valence-electron chi connectivity index (χ2n) is 2.30. The molecule has 0 bridgehead atoms. The molecule has 2 rings (SSSR count). The highest BCUT2D eigenvalue weighted by Gasteiger charge is 2.20. The van der Waals surface area contributed by atoms with Gasteiger partial charge in [-0.3, -0.25) is 0 Å². The van der Waals surface area contributed by atoms with E-state index in [0.29, 0.717) is 12.3 Å². The lowest BCUT2D eigenvalue weighted by molar-refractivity contribution is 0.273. The second-order valence-corrected chi connectivity index (χ2v) is 3.37. The van der Waals surface area contributed by atoms with Crippen molar-refractivity contribution in [3.63, 3.8) is 0 Å². The Balaban J connectivity index is 2.49. The van der Waals surface area contributed by atoms with Crippen LogP contribution in [0.25, 0.3) is 0 Å². The molecule has 0 amide bonds. The van der Waals surface area contributed by atoms with Gasteiger partial charge >= 0.3 is 0 Å². The van der Waals surface area contributed by atoms with Crippen LogP contribution in [0.15, 0.2) is 0 Å². The van der Waals surface area contributed by atoms with Crippen molar-refractivity contribution < 1.29 is 9.84 Å². The Morgan fingerprint density at radius 3 is 3.18 bits per heavy atom. The number of halogens is 1. The largest absolute Gasteiger partial charge is 0.475 e. The van der Waals surface area contributed by atoms with Crippen LogP contribution in [-0.2, 0) is 13.2 Å². The van der Waals surface area contributed by atoms with E-state index < -0.39 is 0 Å². The van der Waals surface area contributed by atoms with E-state index in [1.54, 1.807) is 4.68 Å². The van der Waals surface area contributed by atoms with Crippen molar-refractivity contribution in [1.29, 1.82) is 0 Å². The third kappa shape index (κ3) is 1.02. The van der Waals surface area contributed by atoms with Crippen molar-refractivity contribution >= 4 is 22.6 Å². The minimum atomic E-state index is -0.0123. The fourth-order valence-electron chi connectivity index (χ4n) is 1.09. The molecule has 0 fully saturated rings. The molecule has 0 aromatic carbocycles. The van der Waals surface area contributed by atoms with Gasteiger partial charge in [0.2, 0.25) is 5.88 Å². The summed E-state index contributed by atoms with van der Waals surface area (Å²) < 4.78 is 8.01. The minimum Gasteiger partial charge on any atom is -0.475 e. The number of hydrogen-bond donors (Lipinski definition) is 1. The molecule has 1 aliphatic heterocycles. The number of rotatable bonds is 1. The van der Waals surface area contributed by atoms with Gasteiger partial charge in [0, 0.05) is 0 Å². The van der Waals surface area contributed by atoms with Crippen molar-refractivity contribution in [2.24, 2.45) is 0 Å². The highest BCUT2D eigenvalue weighted by atomic mass is 127. The number of aliphatic hydroxyl groups excluding tert-OH is 1. The fraction of sp³-hybridized carbons (Fsp3) is 0.500. The molecule has 0 aliphatic carbocycles. The molecule has 60 valence electrons. The molecule has 11 heavy (non-hydrogen) atoms. The van der Waals surface area contributed by atoms with E-state index in [9.17, 15) is 0 Å². The van der Waals surface area contributed by atoms with Crippen molar-refractivity contribution in [1.82, 2.24) is 9.78 Å². The monoisotopic (exact) mass is 266 g/mol. The zero-order chi connectivity index (χ0) is 7.84. The Labute approximate surface area is 77.3 Å². The van der Waals surface area contributed by atoms with E-state index >= 15 is 0 Å². The SMILES string of the molecule is OCc1nn2c(c1I)OCC2. The Kier molecular flexibility index (Phi) is 1.76. The second kappa shape index (κ2) is 2.63. The van der Waals surface area contributed by atoms with Crippen LogP contribution < -0.4 is 4.74 Å². The van der Waals surface area contributed by atoms with Gasteiger partial charge in [0.05, 0.1) is 13.2 Å². The standard InChI is InChI=1S/C6H7IN2O2/c7-5-4(3-10)8-9-1-2-11-6(5)9/h10H,1-3H2. The van der Waals surface area contributed by atoms with Gasteiger partial charge in [-0.25, -0.2) is 4.68 Å². The summed E-state index contributed by atoms with van der Waals surface area (Å²) in [5, 5.41) is 13.0. The lowest BCUT2D eigenvalue weighted by Crippen LogP contribution is -1.98. The Morgan fingerprint density at radius 1 is 1.73 bits per heavy atom. The lowest BCUT2D eigenvalue weighted by atomic mass is 10.5. The van der Waals surface area contributed by atoms with Crippen LogP contribution in [0.1, 0.15) is 5.69 Å². The highest BCUT2D eigenvalue weighted by Crippen LogP contribution is 2.27. The summed E-state index contributed by atoms with van der Waals surface area (Å²) in [4.78, 5) is 0. The molecule has 0 saturated heterocycles. The average molecular weight is 266 g/mol. The summed E-state index contributed by atoms with van der Waals surface area (Å²) in [6.45, 7) is 1.48. The number of hydrogen-bond acceptors (Lipinski definition) is 3. The minimum absolute atomic E-state index is 0.0123. The molecule has 1 aliphatic rings. The van der Waals surface area contributed by atoms with Crippen molar-refractivity contribution in [2.75, 3.05) is 6.61 Å². The predicted molar refractivity (Wildman–Crippen MR) is 46.4 cm³/mol. The van der Waals surface area contributed by atoms with Crippen LogP contribution in [0.4, 0.5) is 0 Å². The highest BCUT2D eigenvalue weighted by molar-refractivity contribution is 14.1. The maximum Gasteiger partial charge on any atom is 0.226 e. The molecule has 1 aromatic heterocycles. The summed E-state index contributed by atoms with van der Waals surface area (Å²) in [5.41, 5.74) is 0.709. The van der Waals surface area contributed by atoms with Crippen LogP contribution in [0.3, 0.4) is 0 Å². The molecule has 0 saturated carbocycles. The van der Waals surface area contributed by atoms with Gasteiger partial charge in [-0.15, -0.1) is 0 Å². The maximum absolute atomic E-state index is 8.84. The summed E-state index contributed by atoms with van der Waals surface area (Å²) in [6, 6.07) is 0. The van der Waals surface area contributed by atoms with E-state index in [1.807, 2.05) is 0 Å². The molecule has 1 aromatic rings. The third-order valence-corrected chi connectivity index (χ3v) is 2.69. The van der Waals surface area contributed by atoms with Gasteiger partial charge in [0.25, 0.3) is 0 Å². The number of aromatic nitrogens is 2. The van der Waals surface area contributed by atoms with Gasteiger partial charge in [-0.1, -0.05) is 0 Å². The maximum atomic E-state index is 8.84. The first kappa shape index (κ1) is 7.35. The topological polar surface area (TPSA) is 47.3 Å². The van der Waals surface area contributed by atoms with Crippen LogP contribution in [-0.4, -0.2) is 21.5 Å². The molecule has 0 spiro atoms. The number of aliphatic hydroxyl groups is 1. The predicted octanol–water partition coefficient (Wildman–Crippen LogP) is 0.372. The molecule has 1 N–H and O–H groups in total. The zero-order valence-corrected chi connectivity index (χ0v) is 7.91. The van der Waals surface area contributed by atoms with Crippen molar-refractivity contribution in [3.8, 4) is 5.88 Å². The smallest absolute Gasteiger partial charge is 0.226 e. The summed E-state index contributed by atoms with van der Waals surface area (Å²) >= 11 is 2.13. The average Bonchev–Trinajstić information content (AvgIpc) is 2.53. The van der Waals surface area contributed by atoms with Crippen LogP contribution in [0, 0.1) is 3.57 Å². The molecule has 2 heterocycles. The Morgan fingerprint density at radius 2 is 2.55 bits per heavy atom. The normalized spacial score (nSPS) is 14.7.